The lowest BCUT2D eigenvalue weighted by Gasteiger charge is -2.32. The molecule has 2 aliphatic rings. The molecule has 198 valence electrons. The van der Waals surface area contributed by atoms with Gasteiger partial charge in [-0.1, -0.05) is 31.9 Å². The minimum atomic E-state index is -4.70. The number of nitrogens with zero attached hydrogens (tertiary/aromatic N) is 3. The number of nitrogens with one attached hydrogen (secondary N) is 3. The average molecular weight is 517 g/mol. The molecule has 1 aromatic carbocycles. The number of hydrogen-bond acceptors (Lipinski definition) is 6. The van der Waals surface area contributed by atoms with E-state index in [0.717, 1.165) is 49.9 Å². The first-order valence-electron chi connectivity index (χ1n) is 12.4. The van der Waals surface area contributed by atoms with Gasteiger partial charge in [-0.05, 0) is 49.0 Å². The van der Waals surface area contributed by atoms with Crippen LogP contribution in [0.25, 0.3) is 0 Å². The van der Waals surface area contributed by atoms with Crippen molar-refractivity contribution in [1.29, 1.82) is 0 Å². The van der Waals surface area contributed by atoms with Crippen LogP contribution in [0, 0.1) is 5.92 Å². The van der Waals surface area contributed by atoms with Crippen LogP contribution in [0.4, 0.5) is 36.3 Å². The van der Waals surface area contributed by atoms with Crippen LogP contribution < -0.4 is 16.0 Å². The van der Waals surface area contributed by atoms with Crippen molar-refractivity contribution in [2.75, 3.05) is 29.0 Å². The van der Waals surface area contributed by atoms with Gasteiger partial charge >= 0.3 is 6.18 Å². The fraction of sp³-hybridized carbons (Fsp3) is 0.462. The van der Waals surface area contributed by atoms with Gasteiger partial charge in [-0.3, -0.25) is 9.59 Å². The summed E-state index contributed by atoms with van der Waals surface area (Å²) in [6.45, 7) is 6.01. The number of benzene rings is 1. The Labute approximate surface area is 213 Å². The molecule has 1 saturated heterocycles. The Bertz CT molecular complexity index is 1170. The number of piperidine rings is 1. The second-order valence-electron chi connectivity index (χ2n) is 9.60. The number of aromatic nitrogens is 2. The lowest BCUT2D eigenvalue weighted by Crippen LogP contribution is -2.44. The Hall–Kier alpha value is -3.63. The van der Waals surface area contributed by atoms with Gasteiger partial charge in [0, 0.05) is 32.3 Å². The van der Waals surface area contributed by atoms with Gasteiger partial charge in [-0.15, -0.1) is 0 Å². The van der Waals surface area contributed by atoms with Crippen molar-refractivity contribution in [2.45, 2.75) is 57.7 Å². The van der Waals surface area contributed by atoms with Crippen molar-refractivity contribution < 1.29 is 22.8 Å². The summed E-state index contributed by atoms with van der Waals surface area (Å²) < 4.78 is 41.5. The molecule has 1 aliphatic heterocycles. The first-order chi connectivity index (χ1) is 17.6. The Kier molecular flexibility index (Phi) is 7.99. The van der Waals surface area contributed by atoms with Gasteiger partial charge in [0.25, 0.3) is 0 Å². The van der Waals surface area contributed by atoms with Crippen LogP contribution in [-0.2, 0) is 22.2 Å². The number of amides is 2. The van der Waals surface area contributed by atoms with Crippen molar-refractivity contribution >= 4 is 35.0 Å². The predicted octanol–water partition coefficient (Wildman–Crippen LogP) is 5.13. The van der Waals surface area contributed by atoms with Gasteiger partial charge in [0.05, 0.1) is 11.4 Å². The Balaban J connectivity index is 1.61. The number of likely N-dealkylation sites (tertiary alicyclic amines) is 1. The number of halogens is 3. The predicted molar refractivity (Wildman–Crippen MR) is 136 cm³/mol. The molecule has 2 fully saturated rings. The number of carbonyl (C=O) groups is 2. The Morgan fingerprint density at radius 1 is 1.19 bits per heavy atom. The molecule has 2 aromatic rings. The van der Waals surface area contributed by atoms with Crippen molar-refractivity contribution in [2.24, 2.45) is 5.92 Å². The molecule has 1 aliphatic carbocycles. The van der Waals surface area contributed by atoms with E-state index in [0.29, 0.717) is 24.7 Å². The molecule has 4 rings (SSSR count). The van der Waals surface area contributed by atoms with Crippen molar-refractivity contribution in [3.63, 3.8) is 0 Å². The van der Waals surface area contributed by atoms with Gasteiger partial charge in [0.1, 0.15) is 11.4 Å². The third kappa shape index (κ3) is 6.78. The summed E-state index contributed by atoms with van der Waals surface area (Å²) in [6.07, 6.45) is 2.95. The normalized spacial score (nSPS) is 18.1. The summed E-state index contributed by atoms with van der Waals surface area (Å²) in [5, 5.41) is 8.52. The highest BCUT2D eigenvalue weighted by molar-refractivity contribution is 6.01. The molecule has 3 N–H and O–H groups in total. The van der Waals surface area contributed by atoms with Crippen molar-refractivity contribution in [3.8, 4) is 0 Å². The second kappa shape index (κ2) is 11.2. The molecule has 11 heteroatoms. The summed E-state index contributed by atoms with van der Waals surface area (Å²) in [7, 11) is 0. The number of hydrogen-bond donors (Lipinski definition) is 3. The molecule has 8 nitrogen and oxygen atoms in total. The molecule has 0 unspecified atom stereocenters. The average Bonchev–Trinajstić information content (AvgIpc) is 2.82. The molecular weight excluding hydrogens is 485 g/mol. The SMILES string of the molecule is C=CC(=O)Nc1cc(CC2CCC2)ccc1Nc1nc(N[C@H]2CCCN(C(C)=O)C2)ncc1C(F)(F)F. The monoisotopic (exact) mass is 516 g/mol. The van der Waals surface area contributed by atoms with E-state index in [2.05, 4.69) is 32.5 Å². The molecule has 2 amide bonds. The standard InChI is InChI=1S/C26H31F3N6O2/c1-3-23(37)32-22-13-18(12-17-6-4-7-17)9-10-21(22)33-24-20(26(27,28)29)14-30-25(34-24)31-19-8-5-11-35(15-19)16(2)36/h3,9-10,13-14,17,19H,1,4-8,11-12,15H2,2H3,(H,32,37)(H2,30,31,33,34)/t19-/m0/s1. The molecule has 0 spiro atoms. The van der Waals surface area contributed by atoms with Gasteiger partial charge in [-0.2, -0.15) is 18.2 Å². The van der Waals surface area contributed by atoms with Crippen LogP contribution in [0.2, 0.25) is 0 Å². The summed E-state index contributed by atoms with van der Waals surface area (Å²) in [6, 6.07) is 5.08. The maximum atomic E-state index is 13.8. The lowest BCUT2D eigenvalue weighted by atomic mass is 9.81. The van der Waals surface area contributed by atoms with Crippen LogP contribution in [0.15, 0.2) is 37.1 Å². The largest absolute Gasteiger partial charge is 0.421 e. The third-order valence-electron chi connectivity index (χ3n) is 6.82. The van der Waals surface area contributed by atoms with Crippen LogP contribution >= 0.6 is 0 Å². The lowest BCUT2D eigenvalue weighted by molar-refractivity contribution is -0.137. The van der Waals surface area contributed by atoms with Gasteiger partial charge < -0.3 is 20.9 Å². The van der Waals surface area contributed by atoms with E-state index >= 15 is 0 Å². The van der Waals surface area contributed by atoms with Crippen LogP contribution in [0.3, 0.4) is 0 Å². The molecule has 2 heterocycles. The maximum Gasteiger partial charge on any atom is 0.421 e. The van der Waals surface area contributed by atoms with Gasteiger partial charge in [0.15, 0.2) is 0 Å². The molecule has 0 radical (unpaired) electrons. The number of carbonyl (C=O) groups excluding carboxylic acids is 2. The van der Waals surface area contributed by atoms with E-state index in [1.54, 1.807) is 17.0 Å². The summed E-state index contributed by atoms with van der Waals surface area (Å²) in [5.41, 5.74) is 0.560. The van der Waals surface area contributed by atoms with E-state index in [9.17, 15) is 22.8 Å². The maximum absolute atomic E-state index is 13.8. The smallest absolute Gasteiger partial charge is 0.350 e. The molecule has 1 atom stereocenters. The zero-order valence-corrected chi connectivity index (χ0v) is 20.7. The number of alkyl halides is 3. The fourth-order valence-corrected chi connectivity index (χ4v) is 4.59. The Morgan fingerprint density at radius 3 is 2.62 bits per heavy atom. The summed E-state index contributed by atoms with van der Waals surface area (Å²) in [5.74, 6) is -0.378. The number of anilines is 4. The van der Waals surface area contributed by atoms with Crippen LogP contribution in [-0.4, -0.2) is 45.8 Å². The van der Waals surface area contributed by atoms with E-state index in [-0.39, 0.29) is 23.6 Å². The quantitative estimate of drug-likeness (QED) is 0.421. The van der Waals surface area contributed by atoms with E-state index in [4.69, 9.17) is 0 Å². The highest BCUT2D eigenvalue weighted by Crippen LogP contribution is 2.37. The van der Waals surface area contributed by atoms with Gasteiger partial charge in [-0.25, -0.2) is 4.98 Å². The summed E-state index contributed by atoms with van der Waals surface area (Å²) >= 11 is 0. The molecule has 0 bridgehead atoms. The zero-order chi connectivity index (χ0) is 26.6. The van der Waals surface area contributed by atoms with Crippen LogP contribution in [0.1, 0.15) is 50.2 Å². The third-order valence-corrected chi connectivity index (χ3v) is 6.82. The molecule has 37 heavy (non-hydrogen) atoms. The number of rotatable bonds is 8. The zero-order valence-electron chi connectivity index (χ0n) is 20.7. The second-order valence-corrected chi connectivity index (χ2v) is 9.60. The molecular formula is C26H31F3N6O2. The van der Waals surface area contributed by atoms with E-state index in [1.165, 1.54) is 13.3 Å². The Morgan fingerprint density at radius 2 is 1.97 bits per heavy atom. The molecule has 1 aromatic heterocycles. The highest BCUT2D eigenvalue weighted by Gasteiger charge is 2.36. The van der Waals surface area contributed by atoms with Crippen molar-refractivity contribution in [3.05, 3.63) is 48.2 Å². The first-order valence-corrected chi connectivity index (χ1v) is 12.4. The van der Waals surface area contributed by atoms with E-state index in [1.807, 2.05) is 6.07 Å². The highest BCUT2D eigenvalue weighted by atomic mass is 19.4. The minimum Gasteiger partial charge on any atom is -0.350 e. The van der Waals surface area contributed by atoms with Crippen LogP contribution in [0.5, 0.6) is 0 Å². The first kappa shape index (κ1) is 26.4. The van der Waals surface area contributed by atoms with Crippen molar-refractivity contribution in [1.82, 2.24) is 14.9 Å². The minimum absolute atomic E-state index is 0.0178. The fourth-order valence-electron chi connectivity index (χ4n) is 4.59. The molecule has 1 saturated carbocycles. The summed E-state index contributed by atoms with van der Waals surface area (Å²) in [4.78, 5) is 33.5. The van der Waals surface area contributed by atoms with Gasteiger partial charge in [0.2, 0.25) is 17.8 Å². The van der Waals surface area contributed by atoms with E-state index < -0.39 is 23.5 Å². The topological polar surface area (TPSA) is 99.2 Å².